The molecule has 1 aromatic rings. The molecule has 13 heavy (non-hydrogen) atoms. The van der Waals surface area contributed by atoms with Gasteiger partial charge in [0.15, 0.2) is 0 Å². The summed E-state index contributed by atoms with van der Waals surface area (Å²) in [7, 11) is 0. The van der Waals surface area contributed by atoms with Crippen LogP contribution in [0.5, 0.6) is 5.75 Å². The normalized spacial score (nSPS) is 16.7. The van der Waals surface area contributed by atoms with Gasteiger partial charge >= 0.3 is 0 Å². The van der Waals surface area contributed by atoms with Gasteiger partial charge in [0.05, 0.1) is 0 Å². The van der Waals surface area contributed by atoms with E-state index in [2.05, 4.69) is 23.7 Å². The third-order valence-electron chi connectivity index (χ3n) is 2.09. The summed E-state index contributed by atoms with van der Waals surface area (Å²) in [5.74, 6) is 0.985. The second-order valence-electron chi connectivity index (χ2n) is 3.08. The molecular formula is C10H13NOS. The Kier molecular flexibility index (Phi) is 2.76. The number of hydrogen-bond donors (Lipinski definition) is 1. The van der Waals surface area contributed by atoms with Crippen molar-refractivity contribution in [3.8, 4) is 5.75 Å². The minimum Gasteiger partial charge on any atom is -0.488 e. The first-order valence-corrected chi connectivity index (χ1v) is 5.62. The van der Waals surface area contributed by atoms with E-state index in [0.717, 1.165) is 18.8 Å². The molecule has 1 N–H and O–H groups in total. The zero-order valence-electron chi connectivity index (χ0n) is 7.62. The molecule has 1 saturated heterocycles. The SMILES string of the molecule is CSc1cccc(OC2CNC2)c1. The Morgan fingerprint density at radius 1 is 1.46 bits per heavy atom. The van der Waals surface area contributed by atoms with Crippen molar-refractivity contribution in [1.82, 2.24) is 5.32 Å². The third-order valence-corrected chi connectivity index (χ3v) is 2.81. The molecule has 1 heterocycles. The van der Waals surface area contributed by atoms with Crippen molar-refractivity contribution in [1.29, 1.82) is 0 Å². The summed E-state index contributed by atoms with van der Waals surface area (Å²) < 4.78 is 5.72. The van der Waals surface area contributed by atoms with Crippen molar-refractivity contribution in [2.24, 2.45) is 0 Å². The Hall–Kier alpha value is -0.670. The topological polar surface area (TPSA) is 21.3 Å². The maximum atomic E-state index is 5.72. The Labute approximate surface area is 82.7 Å². The van der Waals surface area contributed by atoms with E-state index >= 15 is 0 Å². The van der Waals surface area contributed by atoms with Crippen LogP contribution in [0.2, 0.25) is 0 Å². The van der Waals surface area contributed by atoms with Gasteiger partial charge in [0.1, 0.15) is 11.9 Å². The molecule has 0 aromatic heterocycles. The lowest BCUT2D eigenvalue weighted by molar-refractivity contribution is 0.142. The number of nitrogens with one attached hydrogen (secondary N) is 1. The van der Waals surface area contributed by atoms with Gasteiger partial charge in [0.25, 0.3) is 0 Å². The molecule has 0 spiro atoms. The molecule has 2 nitrogen and oxygen atoms in total. The van der Waals surface area contributed by atoms with Crippen LogP contribution in [0.3, 0.4) is 0 Å². The highest BCUT2D eigenvalue weighted by Gasteiger charge is 2.17. The standard InChI is InChI=1S/C10H13NOS/c1-13-10-4-2-3-8(5-10)12-9-6-11-7-9/h2-5,9,11H,6-7H2,1H3. The first-order valence-electron chi connectivity index (χ1n) is 4.40. The van der Waals surface area contributed by atoms with Crippen LogP contribution in [-0.2, 0) is 0 Å². The number of benzene rings is 1. The van der Waals surface area contributed by atoms with Gasteiger partial charge in [-0.1, -0.05) is 6.07 Å². The minimum absolute atomic E-state index is 0.372. The molecule has 70 valence electrons. The van der Waals surface area contributed by atoms with Crippen molar-refractivity contribution < 1.29 is 4.74 Å². The highest BCUT2D eigenvalue weighted by atomic mass is 32.2. The summed E-state index contributed by atoms with van der Waals surface area (Å²) in [4.78, 5) is 1.25. The second-order valence-corrected chi connectivity index (χ2v) is 3.96. The maximum absolute atomic E-state index is 5.72. The van der Waals surface area contributed by atoms with Crippen molar-refractivity contribution in [2.45, 2.75) is 11.0 Å². The summed E-state index contributed by atoms with van der Waals surface area (Å²) in [6, 6.07) is 8.23. The summed E-state index contributed by atoms with van der Waals surface area (Å²) in [6.07, 6.45) is 2.45. The lowest BCUT2D eigenvalue weighted by Crippen LogP contribution is -2.50. The molecular weight excluding hydrogens is 182 g/mol. The summed E-state index contributed by atoms with van der Waals surface area (Å²) >= 11 is 1.74. The summed E-state index contributed by atoms with van der Waals surface area (Å²) in [6.45, 7) is 1.95. The van der Waals surface area contributed by atoms with Crippen LogP contribution < -0.4 is 10.1 Å². The van der Waals surface area contributed by atoms with E-state index in [9.17, 15) is 0 Å². The molecule has 2 rings (SSSR count). The van der Waals surface area contributed by atoms with E-state index in [1.807, 2.05) is 12.1 Å². The Balaban J connectivity index is 2.01. The molecule has 0 unspecified atom stereocenters. The zero-order valence-corrected chi connectivity index (χ0v) is 8.43. The van der Waals surface area contributed by atoms with Gasteiger partial charge in [-0.05, 0) is 24.5 Å². The van der Waals surface area contributed by atoms with Gasteiger partial charge < -0.3 is 10.1 Å². The molecule has 1 aliphatic heterocycles. The summed E-state index contributed by atoms with van der Waals surface area (Å²) in [5.41, 5.74) is 0. The zero-order chi connectivity index (χ0) is 9.10. The number of hydrogen-bond acceptors (Lipinski definition) is 3. The van der Waals surface area contributed by atoms with Gasteiger partial charge in [-0.2, -0.15) is 0 Å². The predicted molar refractivity (Wildman–Crippen MR) is 55.5 cm³/mol. The molecule has 0 atom stereocenters. The second kappa shape index (κ2) is 4.03. The van der Waals surface area contributed by atoms with Crippen molar-refractivity contribution in [2.75, 3.05) is 19.3 Å². The van der Waals surface area contributed by atoms with Crippen LogP contribution in [0.1, 0.15) is 0 Å². The highest BCUT2D eigenvalue weighted by molar-refractivity contribution is 7.98. The first-order chi connectivity index (χ1) is 6.38. The van der Waals surface area contributed by atoms with E-state index in [1.54, 1.807) is 11.8 Å². The monoisotopic (exact) mass is 195 g/mol. The Morgan fingerprint density at radius 3 is 2.92 bits per heavy atom. The lowest BCUT2D eigenvalue weighted by Gasteiger charge is -2.27. The lowest BCUT2D eigenvalue weighted by atomic mass is 10.2. The average molecular weight is 195 g/mol. The molecule has 1 aliphatic rings. The Morgan fingerprint density at radius 2 is 2.31 bits per heavy atom. The average Bonchev–Trinajstić information content (AvgIpc) is 2.12. The minimum atomic E-state index is 0.372. The molecule has 1 fully saturated rings. The highest BCUT2D eigenvalue weighted by Crippen LogP contribution is 2.21. The maximum Gasteiger partial charge on any atom is 0.123 e. The van der Waals surface area contributed by atoms with Crippen LogP contribution in [-0.4, -0.2) is 25.4 Å². The fraction of sp³-hybridized carbons (Fsp3) is 0.400. The van der Waals surface area contributed by atoms with Crippen molar-refractivity contribution in [3.63, 3.8) is 0 Å². The number of rotatable bonds is 3. The molecule has 0 saturated carbocycles. The van der Waals surface area contributed by atoms with E-state index < -0.39 is 0 Å². The smallest absolute Gasteiger partial charge is 0.123 e. The quantitative estimate of drug-likeness (QED) is 0.743. The van der Waals surface area contributed by atoms with E-state index in [1.165, 1.54) is 4.90 Å². The number of ether oxygens (including phenoxy) is 1. The van der Waals surface area contributed by atoms with E-state index in [-0.39, 0.29) is 0 Å². The van der Waals surface area contributed by atoms with Gasteiger partial charge in [0.2, 0.25) is 0 Å². The van der Waals surface area contributed by atoms with Gasteiger partial charge in [0, 0.05) is 18.0 Å². The first kappa shape index (κ1) is 8.91. The van der Waals surface area contributed by atoms with Crippen LogP contribution in [0.4, 0.5) is 0 Å². The molecule has 0 amide bonds. The number of thioether (sulfide) groups is 1. The van der Waals surface area contributed by atoms with Gasteiger partial charge in [-0.25, -0.2) is 0 Å². The van der Waals surface area contributed by atoms with E-state index in [0.29, 0.717) is 6.10 Å². The fourth-order valence-electron chi connectivity index (χ4n) is 1.21. The Bertz CT molecular complexity index is 286. The summed E-state index contributed by atoms with van der Waals surface area (Å²) in [5, 5.41) is 3.18. The molecule has 0 aliphatic carbocycles. The van der Waals surface area contributed by atoms with Crippen molar-refractivity contribution in [3.05, 3.63) is 24.3 Å². The fourth-order valence-corrected chi connectivity index (χ4v) is 1.66. The molecule has 3 heteroatoms. The van der Waals surface area contributed by atoms with Gasteiger partial charge in [-0.15, -0.1) is 11.8 Å². The molecule has 0 radical (unpaired) electrons. The van der Waals surface area contributed by atoms with Crippen LogP contribution in [0.15, 0.2) is 29.2 Å². The molecule has 1 aromatic carbocycles. The third kappa shape index (κ3) is 2.17. The van der Waals surface area contributed by atoms with E-state index in [4.69, 9.17) is 4.74 Å². The van der Waals surface area contributed by atoms with Crippen LogP contribution in [0.25, 0.3) is 0 Å². The van der Waals surface area contributed by atoms with Crippen LogP contribution in [0, 0.1) is 0 Å². The van der Waals surface area contributed by atoms with Gasteiger partial charge in [-0.3, -0.25) is 0 Å². The van der Waals surface area contributed by atoms with Crippen molar-refractivity contribution >= 4 is 11.8 Å². The predicted octanol–water partition coefficient (Wildman–Crippen LogP) is 1.76. The molecule has 0 bridgehead atoms. The van der Waals surface area contributed by atoms with Crippen LogP contribution >= 0.6 is 11.8 Å². The largest absolute Gasteiger partial charge is 0.488 e.